The van der Waals surface area contributed by atoms with Gasteiger partial charge in [0.2, 0.25) is 0 Å². The zero-order chi connectivity index (χ0) is 7.72. The Bertz CT molecular complexity index is 120. The normalized spacial score (nSPS) is 47.9. The summed E-state index contributed by atoms with van der Waals surface area (Å²) in [5, 5.41) is 0. The highest BCUT2D eigenvalue weighted by molar-refractivity contribution is 6.11. The van der Waals surface area contributed by atoms with Gasteiger partial charge in [-0.2, -0.15) is 0 Å². The number of alkyl halides is 1. The van der Waals surface area contributed by atoms with Gasteiger partial charge < -0.3 is 4.74 Å². The lowest BCUT2D eigenvalue weighted by molar-refractivity contribution is 0.0674. The molecule has 1 heterocycles. The number of rotatable bonds is 1. The van der Waals surface area contributed by atoms with Crippen molar-refractivity contribution in [2.75, 3.05) is 0 Å². The van der Waals surface area contributed by atoms with E-state index in [4.69, 9.17) is 12.6 Å². The Morgan fingerprint density at radius 1 is 1.60 bits per heavy atom. The SMILES string of the molecule is [B][C@@H]1O[C@H](CC)[C@H](C)C1F. The Balaban J connectivity index is 2.53. The lowest BCUT2D eigenvalue weighted by Crippen LogP contribution is -2.20. The van der Waals surface area contributed by atoms with E-state index in [0.29, 0.717) is 0 Å². The van der Waals surface area contributed by atoms with Crippen molar-refractivity contribution in [2.24, 2.45) is 5.92 Å². The van der Waals surface area contributed by atoms with Crippen LogP contribution in [0.1, 0.15) is 20.3 Å². The summed E-state index contributed by atoms with van der Waals surface area (Å²) in [4.78, 5) is 0. The first-order chi connectivity index (χ1) is 4.66. The molecule has 0 amide bonds. The molecule has 56 valence electrons. The van der Waals surface area contributed by atoms with E-state index < -0.39 is 12.2 Å². The summed E-state index contributed by atoms with van der Waals surface area (Å²) >= 11 is 0. The molecular weight excluding hydrogens is 130 g/mol. The van der Waals surface area contributed by atoms with Gasteiger partial charge in [0, 0.05) is 11.9 Å². The van der Waals surface area contributed by atoms with Crippen molar-refractivity contribution in [3.63, 3.8) is 0 Å². The Kier molecular flexibility index (Phi) is 2.34. The van der Waals surface area contributed by atoms with Crippen LogP contribution in [0.5, 0.6) is 0 Å². The van der Waals surface area contributed by atoms with Gasteiger partial charge in [0.25, 0.3) is 0 Å². The summed E-state index contributed by atoms with van der Waals surface area (Å²) in [5.41, 5.74) is 0. The molecule has 0 saturated carbocycles. The largest absolute Gasteiger partial charge is 0.381 e. The zero-order valence-electron chi connectivity index (χ0n) is 6.38. The fourth-order valence-corrected chi connectivity index (χ4v) is 1.37. The van der Waals surface area contributed by atoms with Gasteiger partial charge in [0.1, 0.15) is 14.0 Å². The summed E-state index contributed by atoms with van der Waals surface area (Å²) in [5.74, 6) is -0.0417. The second kappa shape index (κ2) is 2.91. The van der Waals surface area contributed by atoms with Crippen molar-refractivity contribution in [3.8, 4) is 0 Å². The molecule has 0 aliphatic carbocycles. The number of hydrogen-bond acceptors (Lipinski definition) is 1. The molecule has 0 aromatic heterocycles. The second-order valence-corrected chi connectivity index (χ2v) is 2.85. The molecule has 2 radical (unpaired) electrons. The molecule has 1 saturated heterocycles. The molecule has 0 N–H and O–H groups in total. The van der Waals surface area contributed by atoms with Gasteiger partial charge in [0.05, 0.1) is 6.10 Å². The predicted octanol–water partition coefficient (Wildman–Crippen LogP) is 1.26. The predicted molar refractivity (Wildman–Crippen MR) is 38.8 cm³/mol. The smallest absolute Gasteiger partial charge is 0.123 e. The third-order valence-corrected chi connectivity index (χ3v) is 2.14. The van der Waals surface area contributed by atoms with E-state index in [-0.39, 0.29) is 12.0 Å². The van der Waals surface area contributed by atoms with Crippen molar-refractivity contribution in [3.05, 3.63) is 0 Å². The summed E-state index contributed by atoms with van der Waals surface area (Å²) in [7, 11) is 5.34. The first kappa shape index (κ1) is 8.06. The topological polar surface area (TPSA) is 9.23 Å². The van der Waals surface area contributed by atoms with Crippen molar-refractivity contribution < 1.29 is 9.13 Å². The fraction of sp³-hybridized carbons (Fsp3) is 1.00. The van der Waals surface area contributed by atoms with Crippen LogP contribution in [0.15, 0.2) is 0 Å². The third-order valence-electron chi connectivity index (χ3n) is 2.14. The van der Waals surface area contributed by atoms with E-state index in [1.165, 1.54) is 0 Å². The van der Waals surface area contributed by atoms with E-state index in [1.54, 1.807) is 0 Å². The molecular formula is C7H12BFO. The summed E-state index contributed by atoms with van der Waals surface area (Å²) < 4.78 is 18.0. The van der Waals surface area contributed by atoms with Crippen molar-refractivity contribution >= 4 is 7.85 Å². The minimum absolute atomic E-state index is 0.0185. The highest BCUT2D eigenvalue weighted by Crippen LogP contribution is 2.29. The Labute approximate surface area is 62.4 Å². The molecule has 3 heteroatoms. The van der Waals surface area contributed by atoms with E-state index in [0.717, 1.165) is 6.42 Å². The van der Waals surface area contributed by atoms with Gasteiger partial charge in [-0.3, -0.25) is 0 Å². The van der Waals surface area contributed by atoms with Crippen LogP contribution in [0, 0.1) is 5.92 Å². The fourth-order valence-electron chi connectivity index (χ4n) is 1.37. The molecule has 1 unspecified atom stereocenters. The molecule has 1 aliphatic rings. The monoisotopic (exact) mass is 142 g/mol. The summed E-state index contributed by atoms with van der Waals surface area (Å²) in [6, 6.07) is -0.694. The Morgan fingerprint density at radius 3 is 2.40 bits per heavy atom. The van der Waals surface area contributed by atoms with Crippen LogP contribution in [0.3, 0.4) is 0 Å². The molecule has 1 nitrogen and oxygen atoms in total. The van der Waals surface area contributed by atoms with Gasteiger partial charge in [-0.05, 0) is 6.42 Å². The summed E-state index contributed by atoms with van der Waals surface area (Å²) in [6.45, 7) is 3.82. The summed E-state index contributed by atoms with van der Waals surface area (Å²) in [6.07, 6.45) is -0.120. The maximum absolute atomic E-state index is 12.9. The van der Waals surface area contributed by atoms with Crippen molar-refractivity contribution in [1.82, 2.24) is 0 Å². The lowest BCUT2D eigenvalue weighted by Gasteiger charge is -2.11. The lowest BCUT2D eigenvalue weighted by atomic mass is 9.89. The molecule has 0 aromatic rings. The molecule has 1 fully saturated rings. The van der Waals surface area contributed by atoms with E-state index in [2.05, 4.69) is 0 Å². The molecule has 4 atom stereocenters. The molecule has 10 heavy (non-hydrogen) atoms. The zero-order valence-corrected chi connectivity index (χ0v) is 6.38. The molecule has 1 aliphatic heterocycles. The quantitative estimate of drug-likeness (QED) is 0.501. The van der Waals surface area contributed by atoms with Gasteiger partial charge >= 0.3 is 0 Å². The van der Waals surface area contributed by atoms with Crippen molar-refractivity contribution in [2.45, 2.75) is 38.5 Å². The maximum Gasteiger partial charge on any atom is 0.123 e. The van der Waals surface area contributed by atoms with Gasteiger partial charge in [-0.25, -0.2) is 4.39 Å². The highest BCUT2D eigenvalue weighted by atomic mass is 19.1. The van der Waals surface area contributed by atoms with E-state index in [1.807, 2.05) is 13.8 Å². The van der Waals surface area contributed by atoms with Gasteiger partial charge in [-0.15, -0.1) is 0 Å². The third kappa shape index (κ3) is 1.19. The number of ether oxygens (including phenoxy) is 1. The number of halogens is 1. The van der Waals surface area contributed by atoms with Crippen LogP contribution in [0.4, 0.5) is 4.39 Å². The highest BCUT2D eigenvalue weighted by Gasteiger charge is 2.37. The van der Waals surface area contributed by atoms with Crippen LogP contribution < -0.4 is 0 Å². The van der Waals surface area contributed by atoms with E-state index >= 15 is 0 Å². The molecule has 0 aromatic carbocycles. The first-order valence-electron chi connectivity index (χ1n) is 3.72. The van der Waals surface area contributed by atoms with Crippen LogP contribution in [-0.2, 0) is 4.74 Å². The molecule has 0 bridgehead atoms. The standard InChI is InChI=1S/C7H12BFO/c1-3-5-4(2)6(9)7(8)10-5/h4-7H,3H2,1-2H3/t4-,5+,6?,7+/m0/s1. The number of hydrogen-bond donors (Lipinski definition) is 0. The average Bonchev–Trinajstić information content (AvgIpc) is 2.17. The molecule has 1 rings (SSSR count). The van der Waals surface area contributed by atoms with Gasteiger partial charge in [0.15, 0.2) is 0 Å². The maximum atomic E-state index is 12.9. The second-order valence-electron chi connectivity index (χ2n) is 2.85. The van der Waals surface area contributed by atoms with Crippen LogP contribution in [-0.4, -0.2) is 26.1 Å². The van der Waals surface area contributed by atoms with Crippen LogP contribution in [0.25, 0.3) is 0 Å². The minimum Gasteiger partial charge on any atom is -0.381 e. The molecule has 0 spiro atoms. The van der Waals surface area contributed by atoms with E-state index in [9.17, 15) is 4.39 Å². The van der Waals surface area contributed by atoms with Crippen LogP contribution >= 0.6 is 0 Å². The Hall–Kier alpha value is -0.0451. The minimum atomic E-state index is -0.982. The van der Waals surface area contributed by atoms with Crippen molar-refractivity contribution in [1.29, 1.82) is 0 Å². The Morgan fingerprint density at radius 2 is 2.20 bits per heavy atom. The average molecular weight is 142 g/mol. The van der Waals surface area contributed by atoms with Gasteiger partial charge in [-0.1, -0.05) is 13.8 Å². The first-order valence-corrected chi connectivity index (χ1v) is 3.72. The van der Waals surface area contributed by atoms with Crippen LogP contribution in [0.2, 0.25) is 0 Å².